The molecule has 3 aromatic rings. The predicted molar refractivity (Wildman–Crippen MR) is 107 cm³/mol. The van der Waals surface area contributed by atoms with Gasteiger partial charge in [-0.25, -0.2) is 0 Å². The van der Waals surface area contributed by atoms with Crippen molar-refractivity contribution in [2.24, 2.45) is 0 Å². The van der Waals surface area contributed by atoms with Gasteiger partial charge >= 0.3 is 0 Å². The lowest BCUT2D eigenvalue weighted by Crippen LogP contribution is -1.96. The quantitative estimate of drug-likeness (QED) is 0.410. The SMILES string of the molecule is CCCOc1ccc(/C(=C(\C#N)c2ccccc2)c2ccccc2)cc1. The molecule has 0 atom stereocenters. The number of benzene rings is 3. The molecule has 3 aromatic carbocycles. The summed E-state index contributed by atoms with van der Waals surface area (Å²) in [7, 11) is 0. The summed E-state index contributed by atoms with van der Waals surface area (Å²) in [5, 5.41) is 9.91. The minimum Gasteiger partial charge on any atom is -0.494 e. The van der Waals surface area contributed by atoms with E-state index in [1.165, 1.54) is 0 Å². The van der Waals surface area contributed by atoms with Gasteiger partial charge in [-0.3, -0.25) is 0 Å². The van der Waals surface area contributed by atoms with Gasteiger partial charge in [-0.1, -0.05) is 79.7 Å². The third kappa shape index (κ3) is 4.02. The molecule has 3 rings (SSSR count). The maximum Gasteiger partial charge on any atom is 0.119 e. The molecular weight excluding hydrogens is 318 g/mol. The molecule has 26 heavy (non-hydrogen) atoms. The molecule has 0 spiro atoms. The van der Waals surface area contributed by atoms with Crippen molar-refractivity contribution in [3.8, 4) is 11.8 Å². The Morgan fingerprint density at radius 3 is 1.85 bits per heavy atom. The Hall–Kier alpha value is -3.31. The molecule has 0 aliphatic rings. The first-order chi connectivity index (χ1) is 12.8. The lowest BCUT2D eigenvalue weighted by atomic mass is 9.90. The molecule has 128 valence electrons. The Morgan fingerprint density at radius 2 is 1.31 bits per heavy atom. The minimum absolute atomic E-state index is 0.666. The van der Waals surface area contributed by atoms with Gasteiger partial charge in [0.15, 0.2) is 0 Å². The van der Waals surface area contributed by atoms with E-state index in [-0.39, 0.29) is 0 Å². The topological polar surface area (TPSA) is 33.0 Å². The van der Waals surface area contributed by atoms with E-state index in [4.69, 9.17) is 4.74 Å². The summed E-state index contributed by atoms with van der Waals surface area (Å²) in [6, 6.07) is 30.3. The average molecular weight is 339 g/mol. The van der Waals surface area contributed by atoms with Crippen molar-refractivity contribution in [2.45, 2.75) is 13.3 Å². The monoisotopic (exact) mass is 339 g/mol. The number of nitriles is 1. The molecule has 0 unspecified atom stereocenters. The van der Waals surface area contributed by atoms with Crippen molar-refractivity contribution in [3.63, 3.8) is 0 Å². The predicted octanol–water partition coefficient (Wildman–Crippen LogP) is 5.96. The van der Waals surface area contributed by atoms with E-state index in [0.29, 0.717) is 12.2 Å². The fourth-order valence-electron chi connectivity index (χ4n) is 2.87. The summed E-state index contributed by atoms with van der Waals surface area (Å²) in [5.74, 6) is 0.848. The molecule has 0 heterocycles. The van der Waals surface area contributed by atoms with Gasteiger partial charge in [0.25, 0.3) is 0 Å². The van der Waals surface area contributed by atoms with Gasteiger partial charge < -0.3 is 4.74 Å². The zero-order valence-electron chi connectivity index (χ0n) is 14.9. The number of nitrogens with zero attached hydrogens (tertiary/aromatic N) is 1. The van der Waals surface area contributed by atoms with Crippen LogP contribution in [0.5, 0.6) is 5.75 Å². The Morgan fingerprint density at radius 1 is 0.769 bits per heavy atom. The van der Waals surface area contributed by atoms with Crippen LogP contribution in [-0.4, -0.2) is 6.61 Å². The van der Waals surface area contributed by atoms with E-state index in [0.717, 1.165) is 34.4 Å². The zero-order chi connectivity index (χ0) is 18.2. The average Bonchev–Trinajstić information content (AvgIpc) is 2.72. The van der Waals surface area contributed by atoms with Gasteiger partial charge in [0, 0.05) is 5.57 Å². The van der Waals surface area contributed by atoms with Crippen molar-refractivity contribution < 1.29 is 4.74 Å². The van der Waals surface area contributed by atoms with Crippen molar-refractivity contribution in [1.29, 1.82) is 5.26 Å². The molecule has 0 radical (unpaired) electrons. The summed E-state index contributed by atoms with van der Waals surface area (Å²) in [4.78, 5) is 0. The molecule has 0 amide bonds. The zero-order valence-corrected chi connectivity index (χ0v) is 14.9. The van der Waals surface area contributed by atoms with E-state index in [9.17, 15) is 5.26 Å². The molecule has 0 aromatic heterocycles. The molecule has 0 fully saturated rings. The van der Waals surface area contributed by atoms with Gasteiger partial charge in [0.1, 0.15) is 11.8 Å². The first-order valence-corrected chi connectivity index (χ1v) is 8.82. The highest BCUT2D eigenvalue weighted by atomic mass is 16.5. The molecule has 0 saturated carbocycles. The van der Waals surface area contributed by atoms with Crippen LogP contribution in [-0.2, 0) is 0 Å². The summed E-state index contributed by atoms with van der Waals surface area (Å²) in [5.41, 5.74) is 4.54. The van der Waals surface area contributed by atoms with Crippen LogP contribution in [0.3, 0.4) is 0 Å². The van der Waals surface area contributed by atoms with E-state index in [1.807, 2.05) is 84.9 Å². The Balaban J connectivity index is 2.13. The summed E-state index contributed by atoms with van der Waals surface area (Å²) in [6.07, 6.45) is 0.976. The fourth-order valence-corrected chi connectivity index (χ4v) is 2.87. The third-order valence-electron chi connectivity index (χ3n) is 4.10. The van der Waals surface area contributed by atoms with Crippen molar-refractivity contribution >= 4 is 11.1 Å². The molecular formula is C24H21NO. The van der Waals surface area contributed by atoms with Crippen LogP contribution in [0, 0.1) is 11.3 Å². The highest BCUT2D eigenvalue weighted by molar-refractivity contribution is 6.03. The molecule has 0 N–H and O–H groups in total. The molecule has 0 aliphatic heterocycles. The summed E-state index contributed by atoms with van der Waals surface area (Å²) >= 11 is 0. The molecule has 0 bridgehead atoms. The highest BCUT2D eigenvalue weighted by Gasteiger charge is 2.13. The van der Waals surface area contributed by atoms with E-state index in [1.54, 1.807) is 0 Å². The first kappa shape index (κ1) is 17.5. The number of ether oxygens (including phenoxy) is 1. The van der Waals surface area contributed by atoms with E-state index >= 15 is 0 Å². The standard InChI is InChI=1S/C24H21NO/c1-2-17-26-22-15-13-21(14-16-22)24(20-11-7-4-8-12-20)23(18-25)19-9-5-3-6-10-19/h3-16H,2,17H2,1H3/b24-23+. The Kier molecular flexibility index (Phi) is 5.85. The number of allylic oxidation sites excluding steroid dienone is 1. The third-order valence-corrected chi connectivity index (χ3v) is 4.10. The van der Waals surface area contributed by atoms with Gasteiger partial charge in [0.2, 0.25) is 0 Å². The first-order valence-electron chi connectivity index (χ1n) is 8.82. The number of hydrogen-bond donors (Lipinski definition) is 0. The molecule has 2 heteroatoms. The van der Waals surface area contributed by atoms with E-state index in [2.05, 4.69) is 13.0 Å². The van der Waals surface area contributed by atoms with Crippen LogP contribution in [0.4, 0.5) is 0 Å². The van der Waals surface area contributed by atoms with Crippen LogP contribution < -0.4 is 4.74 Å². The second kappa shape index (κ2) is 8.69. The maximum atomic E-state index is 9.91. The number of rotatable bonds is 6. The van der Waals surface area contributed by atoms with Crippen LogP contribution in [0.25, 0.3) is 11.1 Å². The summed E-state index contributed by atoms with van der Waals surface area (Å²) in [6.45, 7) is 2.79. The number of hydrogen-bond acceptors (Lipinski definition) is 2. The van der Waals surface area contributed by atoms with Crippen LogP contribution in [0.1, 0.15) is 30.0 Å². The Labute approximate surface area is 155 Å². The molecule has 2 nitrogen and oxygen atoms in total. The van der Waals surface area contributed by atoms with Crippen LogP contribution in [0.15, 0.2) is 84.9 Å². The van der Waals surface area contributed by atoms with E-state index < -0.39 is 0 Å². The van der Waals surface area contributed by atoms with Crippen LogP contribution >= 0.6 is 0 Å². The minimum atomic E-state index is 0.666. The van der Waals surface area contributed by atoms with Gasteiger partial charge in [0.05, 0.1) is 12.2 Å². The van der Waals surface area contributed by atoms with Gasteiger partial charge in [-0.05, 0) is 35.2 Å². The van der Waals surface area contributed by atoms with Gasteiger partial charge in [-0.2, -0.15) is 5.26 Å². The largest absolute Gasteiger partial charge is 0.494 e. The second-order valence-corrected chi connectivity index (χ2v) is 5.97. The smallest absolute Gasteiger partial charge is 0.119 e. The van der Waals surface area contributed by atoms with Crippen molar-refractivity contribution in [1.82, 2.24) is 0 Å². The Bertz CT molecular complexity index is 904. The van der Waals surface area contributed by atoms with Gasteiger partial charge in [-0.15, -0.1) is 0 Å². The molecule has 0 saturated heterocycles. The second-order valence-electron chi connectivity index (χ2n) is 5.97. The lowest BCUT2D eigenvalue weighted by molar-refractivity contribution is 0.317. The maximum absolute atomic E-state index is 9.91. The lowest BCUT2D eigenvalue weighted by Gasteiger charge is -2.13. The van der Waals surface area contributed by atoms with Crippen LogP contribution in [0.2, 0.25) is 0 Å². The molecule has 0 aliphatic carbocycles. The highest BCUT2D eigenvalue weighted by Crippen LogP contribution is 2.32. The normalized spacial score (nSPS) is 11.4. The fraction of sp³-hybridized carbons (Fsp3) is 0.125. The van der Waals surface area contributed by atoms with Crippen molar-refractivity contribution in [3.05, 3.63) is 102 Å². The summed E-state index contributed by atoms with van der Waals surface area (Å²) < 4.78 is 5.69. The van der Waals surface area contributed by atoms with Crippen molar-refractivity contribution in [2.75, 3.05) is 6.61 Å².